The topological polar surface area (TPSA) is 6.48 Å². The predicted octanol–water partition coefficient (Wildman–Crippen LogP) is 1.43. The van der Waals surface area contributed by atoms with Gasteiger partial charge in [-0.3, -0.25) is 4.90 Å². The van der Waals surface area contributed by atoms with Gasteiger partial charge >= 0.3 is 0 Å². The van der Waals surface area contributed by atoms with Gasteiger partial charge in [0.15, 0.2) is 0 Å². The molecule has 1 saturated heterocycles. The third-order valence-corrected chi connectivity index (χ3v) is 2.94. The first-order chi connectivity index (χ1) is 6.56. The molecule has 1 aliphatic heterocycles. The van der Waals surface area contributed by atoms with Crippen LogP contribution in [0.5, 0.6) is 0 Å². The summed E-state index contributed by atoms with van der Waals surface area (Å²) < 4.78 is 0. The lowest BCUT2D eigenvalue weighted by atomic mass is 10.0. The van der Waals surface area contributed by atoms with E-state index in [9.17, 15) is 0 Å². The van der Waals surface area contributed by atoms with Gasteiger partial charge in [-0.1, -0.05) is 5.92 Å². The second-order valence-electron chi connectivity index (χ2n) is 4.58. The van der Waals surface area contributed by atoms with Crippen molar-refractivity contribution in [2.75, 3.05) is 33.2 Å². The maximum absolute atomic E-state index is 3.29. The van der Waals surface area contributed by atoms with E-state index in [1.54, 1.807) is 0 Å². The fourth-order valence-corrected chi connectivity index (χ4v) is 1.99. The molecule has 0 spiro atoms. The summed E-state index contributed by atoms with van der Waals surface area (Å²) in [6.45, 7) is 11.0. The summed E-state index contributed by atoms with van der Waals surface area (Å²) in [5.74, 6) is 6.32. The molecule has 0 aromatic carbocycles. The summed E-state index contributed by atoms with van der Waals surface area (Å²) in [5.41, 5.74) is 0.0416. The van der Waals surface area contributed by atoms with E-state index in [2.05, 4.69) is 42.5 Å². The van der Waals surface area contributed by atoms with Gasteiger partial charge < -0.3 is 4.90 Å². The number of hydrogen-bond acceptors (Lipinski definition) is 2. The standard InChI is InChI=1S/C12H22N2/c1-5-7-12(2,3)14-9-6-8-13(4)10-11-14/h6,8-11H2,1-4H3. The Kier molecular flexibility index (Phi) is 3.97. The van der Waals surface area contributed by atoms with Crippen LogP contribution in [0.4, 0.5) is 0 Å². The third kappa shape index (κ3) is 3.01. The van der Waals surface area contributed by atoms with E-state index < -0.39 is 0 Å². The van der Waals surface area contributed by atoms with Crippen molar-refractivity contribution in [1.29, 1.82) is 0 Å². The molecule has 0 bridgehead atoms. The van der Waals surface area contributed by atoms with Crippen molar-refractivity contribution >= 4 is 0 Å². The maximum atomic E-state index is 3.29. The molecule has 2 nitrogen and oxygen atoms in total. The predicted molar refractivity (Wildman–Crippen MR) is 61.2 cm³/mol. The summed E-state index contributed by atoms with van der Waals surface area (Å²) in [5, 5.41) is 0. The lowest BCUT2D eigenvalue weighted by Gasteiger charge is -2.33. The van der Waals surface area contributed by atoms with Crippen molar-refractivity contribution < 1.29 is 0 Å². The fraction of sp³-hybridized carbons (Fsp3) is 0.833. The third-order valence-electron chi connectivity index (χ3n) is 2.94. The van der Waals surface area contributed by atoms with Crippen molar-refractivity contribution in [2.24, 2.45) is 0 Å². The van der Waals surface area contributed by atoms with Crippen molar-refractivity contribution in [3.63, 3.8) is 0 Å². The fourth-order valence-electron chi connectivity index (χ4n) is 1.99. The number of nitrogens with zero attached hydrogens (tertiary/aromatic N) is 2. The molecule has 0 radical (unpaired) electrons. The minimum Gasteiger partial charge on any atom is -0.305 e. The van der Waals surface area contributed by atoms with Crippen LogP contribution < -0.4 is 0 Å². The highest BCUT2D eigenvalue weighted by Gasteiger charge is 2.25. The van der Waals surface area contributed by atoms with Gasteiger partial charge in [0, 0.05) is 19.6 Å². The SMILES string of the molecule is CC#CC(C)(C)N1CCCN(C)CC1. The zero-order valence-corrected chi connectivity index (χ0v) is 9.93. The van der Waals surface area contributed by atoms with Crippen molar-refractivity contribution in [3.8, 4) is 11.8 Å². The molecule has 0 atom stereocenters. The van der Waals surface area contributed by atoms with E-state index in [1.165, 1.54) is 19.5 Å². The Balaban J connectivity index is 2.61. The zero-order valence-electron chi connectivity index (χ0n) is 9.93. The zero-order chi connectivity index (χ0) is 10.6. The van der Waals surface area contributed by atoms with Crippen LogP contribution in [-0.4, -0.2) is 48.6 Å². The first-order valence-electron chi connectivity index (χ1n) is 5.44. The summed E-state index contributed by atoms with van der Waals surface area (Å²) in [6.07, 6.45) is 1.26. The summed E-state index contributed by atoms with van der Waals surface area (Å²) >= 11 is 0. The van der Waals surface area contributed by atoms with Crippen molar-refractivity contribution in [1.82, 2.24) is 9.80 Å². The van der Waals surface area contributed by atoms with Crippen LogP contribution in [0.2, 0.25) is 0 Å². The molecule has 0 N–H and O–H groups in total. The van der Waals surface area contributed by atoms with Gasteiger partial charge in [0.05, 0.1) is 5.54 Å². The first-order valence-corrected chi connectivity index (χ1v) is 5.44. The Morgan fingerprint density at radius 1 is 1.07 bits per heavy atom. The van der Waals surface area contributed by atoms with Crippen LogP contribution in [0.15, 0.2) is 0 Å². The van der Waals surface area contributed by atoms with Gasteiger partial charge in [-0.05, 0) is 40.8 Å². The van der Waals surface area contributed by atoms with Gasteiger partial charge in [-0.15, -0.1) is 5.92 Å². The molecule has 0 amide bonds. The van der Waals surface area contributed by atoms with Crippen LogP contribution in [0.25, 0.3) is 0 Å². The Labute approximate surface area is 88.3 Å². The van der Waals surface area contributed by atoms with Crippen molar-refractivity contribution in [3.05, 3.63) is 0 Å². The molecule has 1 fully saturated rings. The summed E-state index contributed by atoms with van der Waals surface area (Å²) in [6, 6.07) is 0. The van der Waals surface area contributed by atoms with E-state index in [0.717, 1.165) is 13.1 Å². The molecule has 1 aliphatic rings. The first kappa shape index (κ1) is 11.6. The monoisotopic (exact) mass is 194 g/mol. The molecule has 14 heavy (non-hydrogen) atoms. The molecule has 0 aliphatic carbocycles. The Morgan fingerprint density at radius 3 is 2.43 bits per heavy atom. The highest BCUT2D eigenvalue weighted by atomic mass is 15.2. The van der Waals surface area contributed by atoms with Gasteiger partial charge in [0.1, 0.15) is 0 Å². The van der Waals surface area contributed by atoms with Gasteiger partial charge in [-0.25, -0.2) is 0 Å². The van der Waals surface area contributed by atoms with E-state index in [0.29, 0.717) is 0 Å². The number of hydrogen-bond donors (Lipinski definition) is 0. The minimum atomic E-state index is 0.0416. The van der Waals surface area contributed by atoms with Crippen LogP contribution >= 0.6 is 0 Å². The molecule has 1 rings (SSSR count). The molecule has 0 unspecified atom stereocenters. The van der Waals surface area contributed by atoms with E-state index in [4.69, 9.17) is 0 Å². The lowest BCUT2D eigenvalue weighted by Crippen LogP contribution is -2.44. The molecular weight excluding hydrogens is 172 g/mol. The second-order valence-corrected chi connectivity index (χ2v) is 4.58. The average molecular weight is 194 g/mol. The highest BCUT2D eigenvalue weighted by Crippen LogP contribution is 2.15. The van der Waals surface area contributed by atoms with E-state index in [-0.39, 0.29) is 5.54 Å². The Hall–Kier alpha value is -0.520. The van der Waals surface area contributed by atoms with Crippen LogP contribution in [0, 0.1) is 11.8 Å². The molecule has 0 aromatic heterocycles. The molecule has 0 saturated carbocycles. The number of rotatable bonds is 1. The van der Waals surface area contributed by atoms with Gasteiger partial charge in [0.25, 0.3) is 0 Å². The normalized spacial score (nSPS) is 21.1. The highest BCUT2D eigenvalue weighted by molar-refractivity contribution is 5.13. The smallest absolute Gasteiger partial charge is 0.0769 e. The summed E-state index contributed by atoms with van der Waals surface area (Å²) in [4.78, 5) is 4.89. The quantitative estimate of drug-likeness (QED) is 0.583. The minimum absolute atomic E-state index is 0.0416. The molecule has 0 aromatic rings. The van der Waals surface area contributed by atoms with Crippen molar-refractivity contribution in [2.45, 2.75) is 32.7 Å². The summed E-state index contributed by atoms with van der Waals surface area (Å²) in [7, 11) is 2.20. The molecule has 2 heteroatoms. The Bertz CT molecular complexity index is 234. The average Bonchev–Trinajstić information content (AvgIpc) is 2.30. The van der Waals surface area contributed by atoms with E-state index in [1.807, 2.05) is 6.92 Å². The Morgan fingerprint density at radius 2 is 1.79 bits per heavy atom. The second kappa shape index (κ2) is 4.82. The van der Waals surface area contributed by atoms with Crippen LogP contribution in [0.3, 0.4) is 0 Å². The van der Waals surface area contributed by atoms with Crippen LogP contribution in [0.1, 0.15) is 27.2 Å². The van der Waals surface area contributed by atoms with Crippen LogP contribution in [-0.2, 0) is 0 Å². The largest absolute Gasteiger partial charge is 0.305 e. The van der Waals surface area contributed by atoms with E-state index >= 15 is 0 Å². The molecular formula is C12H22N2. The van der Waals surface area contributed by atoms with Gasteiger partial charge in [0.2, 0.25) is 0 Å². The molecule has 1 heterocycles. The maximum Gasteiger partial charge on any atom is 0.0769 e. The lowest BCUT2D eigenvalue weighted by molar-refractivity contribution is 0.176. The van der Waals surface area contributed by atoms with Gasteiger partial charge in [-0.2, -0.15) is 0 Å². The molecule has 80 valence electrons. The number of likely N-dealkylation sites (N-methyl/N-ethyl adjacent to an activating group) is 1.